The largest absolute Gasteiger partial charge is 0.334 e. The molecular formula is C20H30N2. The maximum absolute atomic E-state index is 4.27. The van der Waals surface area contributed by atoms with Crippen LogP contribution in [0.5, 0.6) is 0 Å². The lowest BCUT2D eigenvalue weighted by molar-refractivity contribution is 0.281. The summed E-state index contributed by atoms with van der Waals surface area (Å²) in [5.74, 6) is 0.697. The fraction of sp³-hybridized carbons (Fsp3) is 0.550. The minimum absolute atomic E-state index is 0.574. The average Bonchev–Trinajstić information content (AvgIpc) is 3.07. The molecule has 0 fully saturated rings. The molecule has 2 rings (SSSR count). The van der Waals surface area contributed by atoms with E-state index in [2.05, 4.69) is 59.9 Å². The van der Waals surface area contributed by atoms with Gasteiger partial charge in [-0.2, -0.15) is 0 Å². The Morgan fingerprint density at radius 1 is 1.00 bits per heavy atom. The van der Waals surface area contributed by atoms with Crippen molar-refractivity contribution < 1.29 is 0 Å². The van der Waals surface area contributed by atoms with E-state index in [0.717, 1.165) is 0 Å². The van der Waals surface area contributed by atoms with E-state index in [1.165, 1.54) is 50.5 Å². The molecule has 1 heterocycles. The van der Waals surface area contributed by atoms with Gasteiger partial charge in [-0.1, -0.05) is 69.9 Å². The monoisotopic (exact) mass is 298 g/mol. The van der Waals surface area contributed by atoms with E-state index in [1.807, 2.05) is 12.5 Å². The molecule has 2 aromatic rings. The number of benzene rings is 1. The molecule has 1 aromatic carbocycles. The quantitative estimate of drug-likeness (QED) is 0.517. The van der Waals surface area contributed by atoms with Crippen LogP contribution in [0.1, 0.15) is 64.0 Å². The van der Waals surface area contributed by atoms with Crippen LogP contribution in [0, 0.1) is 5.92 Å². The Hall–Kier alpha value is -1.57. The summed E-state index contributed by atoms with van der Waals surface area (Å²) in [5.41, 5.74) is 1.46. The molecule has 2 unspecified atom stereocenters. The molecule has 0 bridgehead atoms. The Bertz CT molecular complexity index is 490. The first-order chi connectivity index (χ1) is 10.8. The van der Waals surface area contributed by atoms with Crippen molar-refractivity contribution in [1.82, 2.24) is 9.55 Å². The summed E-state index contributed by atoms with van der Waals surface area (Å²) in [6, 6.07) is 11.5. The van der Waals surface area contributed by atoms with Crippen molar-refractivity contribution in [1.29, 1.82) is 0 Å². The third-order valence-corrected chi connectivity index (χ3v) is 4.56. The third-order valence-electron chi connectivity index (χ3n) is 4.56. The van der Waals surface area contributed by atoms with Crippen molar-refractivity contribution in [2.45, 2.75) is 64.8 Å². The Kier molecular flexibility index (Phi) is 7.21. The van der Waals surface area contributed by atoms with Crippen molar-refractivity contribution in [2.75, 3.05) is 0 Å². The molecule has 0 saturated carbocycles. The summed E-state index contributed by atoms with van der Waals surface area (Å²) in [6.07, 6.45) is 15.0. The average molecular weight is 298 g/mol. The predicted molar refractivity (Wildman–Crippen MR) is 94.0 cm³/mol. The first-order valence-corrected chi connectivity index (χ1v) is 8.86. The molecule has 0 radical (unpaired) electrons. The van der Waals surface area contributed by atoms with E-state index in [9.17, 15) is 0 Å². The SMILES string of the molecule is CCCCCC(Cc1ccccc1)C(CCC)n1ccnc1. The smallest absolute Gasteiger partial charge is 0.0948 e. The predicted octanol–water partition coefficient (Wildman–Crippen LogP) is 5.66. The van der Waals surface area contributed by atoms with Crippen LogP contribution in [0.3, 0.4) is 0 Å². The molecule has 0 aliphatic carbocycles. The number of hydrogen-bond acceptors (Lipinski definition) is 1. The molecule has 0 aliphatic heterocycles. The zero-order valence-electron chi connectivity index (χ0n) is 14.1. The lowest BCUT2D eigenvalue weighted by atomic mass is 9.85. The second-order valence-corrected chi connectivity index (χ2v) is 6.31. The number of rotatable bonds is 10. The highest BCUT2D eigenvalue weighted by Gasteiger charge is 2.22. The molecule has 1 aromatic heterocycles. The van der Waals surface area contributed by atoms with Crippen LogP contribution < -0.4 is 0 Å². The van der Waals surface area contributed by atoms with Gasteiger partial charge < -0.3 is 4.57 Å². The van der Waals surface area contributed by atoms with E-state index in [4.69, 9.17) is 0 Å². The van der Waals surface area contributed by atoms with E-state index < -0.39 is 0 Å². The molecule has 0 amide bonds. The zero-order chi connectivity index (χ0) is 15.6. The molecule has 2 heteroatoms. The van der Waals surface area contributed by atoms with Gasteiger partial charge in [0.05, 0.1) is 6.33 Å². The number of hydrogen-bond donors (Lipinski definition) is 0. The maximum Gasteiger partial charge on any atom is 0.0948 e. The van der Waals surface area contributed by atoms with Crippen molar-refractivity contribution >= 4 is 0 Å². The Morgan fingerprint density at radius 2 is 1.82 bits per heavy atom. The van der Waals surface area contributed by atoms with Gasteiger partial charge in [-0.15, -0.1) is 0 Å². The molecule has 2 nitrogen and oxygen atoms in total. The summed E-state index contributed by atoms with van der Waals surface area (Å²) >= 11 is 0. The molecular weight excluding hydrogens is 268 g/mol. The third kappa shape index (κ3) is 5.01. The molecule has 0 N–H and O–H groups in total. The number of aromatic nitrogens is 2. The topological polar surface area (TPSA) is 17.8 Å². The summed E-state index contributed by atoms with van der Waals surface area (Å²) in [4.78, 5) is 4.27. The highest BCUT2D eigenvalue weighted by molar-refractivity contribution is 5.15. The first-order valence-electron chi connectivity index (χ1n) is 8.86. The molecule has 0 saturated heterocycles. The maximum atomic E-state index is 4.27. The van der Waals surface area contributed by atoms with E-state index in [1.54, 1.807) is 0 Å². The highest BCUT2D eigenvalue weighted by Crippen LogP contribution is 2.31. The van der Waals surface area contributed by atoms with Crippen LogP contribution in [-0.2, 0) is 6.42 Å². The summed E-state index contributed by atoms with van der Waals surface area (Å²) in [6.45, 7) is 4.57. The summed E-state index contributed by atoms with van der Waals surface area (Å²) in [7, 11) is 0. The molecule has 2 atom stereocenters. The van der Waals surface area contributed by atoms with Crippen LogP contribution >= 0.6 is 0 Å². The Balaban J connectivity index is 2.13. The Labute approximate surface area is 135 Å². The van der Waals surface area contributed by atoms with Gasteiger partial charge in [-0.25, -0.2) is 4.98 Å². The Morgan fingerprint density at radius 3 is 2.45 bits per heavy atom. The normalized spacial score (nSPS) is 13.9. The van der Waals surface area contributed by atoms with Gasteiger partial charge in [-0.3, -0.25) is 0 Å². The lowest BCUT2D eigenvalue weighted by Gasteiger charge is -2.28. The molecule has 22 heavy (non-hydrogen) atoms. The number of imidazole rings is 1. The van der Waals surface area contributed by atoms with E-state index in [0.29, 0.717) is 12.0 Å². The van der Waals surface area contributed by atoms with Gasteiger partial charge in [-0.05, 0) is 30.7 Å². The zero-order valence-corrected chi connectivity index (χ0v) is 14.1. The van der Waals surface area contributed by atoms with Gasteiger partial charge in [0, 0.05) is 18.4 Å². The number of unbranched alkanes of at least 4 members (excludes halogenated alkanes) is 2. The van der Waals surface area contributed by atoms with Crippen molar-refractivity contribution in [2.24, 2.45) is 5.92 Å². The second-order valence-electron chi connectivity index (χ2n) is 6.31. The molecule has 0 spiro atoms. The van der Waals surface area contributed by atoms with Crippen LogP contribution in [0.2, 0.25) is 0 Å². The minimum Gasteiger partial charge on any atom is -0.334 e. The minimum atomic E-state index is 0.574. The number of nitrogens with zero attached hydrogens (tertiary/aromatic N) is 2. The van der Waals surface area contributed by atoms with Crippen molar-refractivity contribution in [3.8, 4) is 0 Å². The summed E-state index contributed by atoms with van der Waals surface area (Å²) in [5, 5.41) is 0. The van der Waals surface area contributed by atoms with Crippen LogP contribution in [0.15, 0.2) is 49.1 Å². The first kappa shape index (κ1) is 16.8. The fourth-order valence-electron chi connectivity index (χ4n) is 3.39. The molecule has 120 valence electrons. The van der Waals surface area contributed by atoms with Crippen LogP contribution in [0.4, 0.5) is 0 Å². The van der Waals surface area contributed by atoms with Gasteiger partial charge in [0.2, 0.25) is 0 Å². The van der Waals surface area contributed by atoms with Crippen LogP contribution in [0.25, 0.3) is 0 Å². The fourth-order valence-corrected chi connectivity index (χ4v) is 3.39. The van der Waals surface area contributed by atoms with Gasteiger partial charge in [0.1, 0.15) is 0 Å². The van der Waals surface area contributed by atoms with Crippen LogP contribution in [-0.4, -0.2) is 9.55 Å². The second kappa shape index (κ2) is 9.45. The lowest BCUT2D eigenvalue weighted by Crippen LogP contribution is -2.21. The van der Waals surface area contributed by atoms with Gasteiger partial charge in [0.15, 0.2) is 0 Å². The molecule has 0 aliphatic rings. The van der Waals surface area contributed by atoms with Crippen molar-refractivity contribution in [3.63, 3.8) is 0 Å². The van der Waals surface area contributed by atoms with E-state index >= 15 is 0 Å². The highest BCUT2D eigenvalue weighted by atomic mass is 15.1. The standard InChI is InChI=1S/C20H30N2/c1-3-5-7-13-19(16-18-11-8-6-9-12-18)20(10-4-2)22-15-14-21-17-22/h6,8-9,11-12,14-15,17,19-20H,3-5,7,10,13,16H2,1-2H3. The van der Waals surface area contributed by atoms with Gasteiger partial charge >= 0.3 is 0 Å². The van der Waals surface area contributed by atoms with Crippen molar-refractivity contribution in [3.05, 3.63) is 54.6 Å². The van der Waals surface area contributed by atoms with E-state index in [-0.39, 0.29) is 0 Å². The summed E-state index contributed by atoms with van der Waals surface area (Å²) < 4.78 is 2.34. The van der Waals surface area contributed by atoms with Gasteiger partial charge in [0.25, 0.3) is 0 Å².